The standard InChI is InChI=1S/C19H23N3O3/c1-14-5-3-6-16(15(14)2)20-13-18(23)21-8-10-22(11-9-21)19(24)17-7-4-12-25-17/h3-7,12,20H,8-11,13H2,1-2H3. The fourth-order valence-corrected chi connectivity index (χ4v) is 2.94. The van der Waals surface area contributed by atoms with Crippen molar-refractivity contribution in [3.63, 3.8) is 0 Å². The number of furan rings is 1. The average Bonchev–Trinajstić information content (AvgIpc) is 3.17. The molecule has 1 aromatic heterocycles. The number of hydrogen-bond donors (Lipinski definition) is 1. The zero-order chi connectivity index (χ0) is 17.8. The van der Waals surface area contributed by atoms with Crippen molar-refractivity contribution in [1.82, 2.24) is 9.80 Å². The third-order valence-corrected chi connectivity index (χ3v) is 4.69. The molecular formula is C19H23N3O3. The fourth-order valence-electron chi connectivity index (χ4n) is 2.94. The van der Waals surface area contributed by atoms with Crippen LogP contribution in [-0.4, -0.2) is 54.3 Å². The van der Waals surface area contributed by atoms with Crippen molar-refractivity contribution in [2.24, 2.45) is 0 Å². The van der Waals surface area contributed by atoms with Crippen molar-refractivity contribution in [2.75, 3.05) is 38.0 Å². The van der Waals surface area contributed by atoms with Crippen LogP contribution in [0.5, 0.6) is 0 Å². The van der Waals surface area contributed by atoms with Crippen molar-refractivity contribution >= 4 is 17.5 Å². The van der Waals surface area contributed by atoms with Gasteiger partial charge in [-0.1, -0.05) is 12.1 Å². The number of benzene rings is 1. The summed E-state index contributed by atoms with van der Waals surface area (Å²) in [5.41, 5.74) is 3.34. The molecule has 0 atom stereocenters. The van der Waals surface area contributed by atoms with E-state index in [9.17, 15) is 9.59 Å². The number of nitrogens with one attached hydrogen (secondary N) is 1. The molecule has 0 spiro atoms. The lowest BCUT2D eigenvalue weighted by atomic mass is 10.1. The molecule has 6 heteroatoms. The molecule has 1 N–H and O–H groups in total. The second kappa shape index (κ2) is 7.42. The number of carbonyl (C=O) groups is 2. The summed E-state index contributed by atoms with van der Waals surface area (Å²) in [5.74, 6) is 0.271. The number of aryl methyl sites for hydroxylation is 1. The van der Waals surface area contributed by atoms with Crippen LogP contribution in [0.15, 0.2) is 41.0 Å². The second-order valence-electron chi connectivity index (χ2n) is 6.25. The number of amides is 2. The summed E-state index contributed by atoms with van der Waals surface area (Å²) in [4.78, 5) is 28.2. The lowest BCUT2D eigenvalue weighted by Crippen LogP contribution is -2.51. The smallest absolute Gasteiger partial charge is 0.289 e. The molecule has 0 radical (unpaired) electrons. The normalized spacial score (nSPS) is 14.5. The molecule has 0 unspecified atom stereocenters. The largest absolute Gasteiger partial charge is 0.459 e. The van der Waals surface area contributed by atoms with E-state index < -0.39 is 0 Å². The second-order valence-corrected chi connectivity index (χ2v) is 6.25. The SMILES string of the molecule is Cc1cccc(NCC(=O)N2CCN(C(=O)c3ccco3)CC2)c1C. The van der Waals surface area contributed by atoms with Crippen LogP contribution in [-0.2, 0) is 4.79 Å². The van der Waals surface area contributed by atoms with Crippen molar-refractivity contribution < 1.29 is 14.0 Å². The lowest BCUT2D eigenvalue weighted by Gasteiger charge is -2.34. The van der Waals surface area contributed by atoms with E-state index >= 15 is 0 Å². The molecule has 2 aromatic rings. The van der Waals surface area contributed by atoms with Gasteiger partial charge in [0.25, 0.3) is 5.91 Å². The highest BCUT2D eigenvalue weighted by atomic mass is 16.3. The molecule has 1 saturated heterocycles. The average molecular weight is 341 g/mol. The minimum absolute atomic E-state index is 0.0472. The Labute approximate surface area is 147 Å². The summed E-state index contributed by atoms with van der Waals surface area (Å²) < 4.78 is 5.15. The van der Waals surface area contributed by atoms with E-state index in [0.29, 0.717) is 31.9 Å². The molecule has 0 saturated carbocycles. The monoisotopic (exact) mass is 341 g/mol. The molecule has 25 heavy (non-hydrogen) atoms. The third-order valence-electron chi connectivity index (χ3n) is 4.69. The minimum Gasteiger partial charge on any atom is -0.459 e. The van der Waals surface area contributed by atoms with Gasteiger partial charge in [-0.2, -0.15) is 0 Å². The highest BCUT2D eigenvalue weighted by Gasteiger charge is 2.25. The quantitative estimate of drug-likeness (QED) is 0.927. The van der Waals surface area contributed by atoms with Crippen LogP contribution < -0.4 is 5.32 Å². The third kappa shape index (κ3) is 3.84. The molecule has 1 fully saturated rings. The summed E-state index contributed by atoms with van der Waals surface area (Å²) in [6, 6.07) is 9.38. The molecular weight excluding hydrogens is 318 g/mol. The Bertz CT molecular complexity index is 747. The molecule has 0 aliphatic carbocycles. The van der Waals surface area contributed by atoms with Gasteiger partial charge in [0.2, 0.25) is 5.91 Å². The topological polar surface area (TPSA) is 65.8 Å². The van der Waals surface area contributed by atoms with E-state index in [0.717, 1.165) is 11.3 Å². The molecule has 1 aliphatic heterocycles. The number of rotatable bonds is 4. The van der Waals surface area contributed by atoms with Crippen LogP contribution in [0.25, 0.3) is 0 Å². The van der Waals surface area contributed by atoms with Crippen molar-refractivity contribution in [2.45, 2.75) is 13.8 Å². The van der Waals surface area contributed by atoms with Gasteiger partial charge < -0.3 is 19.5 Å². The summed E-state index contributed by atoms with van der Waals surface area (Å²) >= 11 is 0. The van der Waals surface area contributed by atoms with Gasteiger partial charge in [-0.25, -0.2) is 0 Å². The summed E-state index contributed by atoms with van der Waals surface area (Å²) in [5, 5.41) is 3.22. The van der Waals surface area contributed by atoms with Gasteiger partial charge >= 0.3 is 0 Å². The highest BCUT2D eigenvalue weighted by molar-refractivity contribution is 5.91. The molecule has 6 nitrogen and oxygen atoms in total. The Morgan fingerprint density at radius 3 is 2.44 bits per heavy atom. The van der Waals surface area contributed by atoms with Gasteiger partial charge in [-0.05, 0) is 43.2 Å². The van der Waals surface area contributed by atoms with Crippen LogP contribution in [0.3, 0.4) is 0 Å². The van der Waals surface area contributed by atoms with Gasteiger partial charge in [0, 0.05) is 31.9 Å². The predicted octanol–water partition coefficient (Wildman–Crippen LogP) is 2.29. The molecule has 1 aliphatic rings. The zero-order valence-corrected chi connectivity index (χ0v) is 14.6. The molecule has 0 bridgehead atoms. The first kappa shape index (κ1) is 17.1. The number of nitrogens with zero attached hydrogens (tertiary/aromatic N) is 2. The van der Waals surface area contributed by atoms with Crippen molar-refractivity contribution in [1.29, 1.82) is 0 Å². The Morgan fingerprint density at radius 2 is 1.76 bits per heavy atom. The zero-order valence-electron chi connectivity index (χ0n) is 14.6. The Hall–Kier alpha value is -2.76. The van der Waals surface area contributed by atoms with Crippen molar-refractivity contribution in [3.05, 3.63) is 53.5 Å². The van der Waals surface area contributed by atoms with Gasteiger partial charge in [-0.15, -0.1) is 0 Å². The highest BCUT2D eigenvalue weighted by Crippen LogP contribution is 2.18. The van der Waals surface area contributed by atoms with Gasteiger partial charge in [0.15, 0.2) is 5.76 Å². The molecule has 2 amide bonds. The van der Waals surface area contributed by atoms with Crippen LogP contribution in [0, 0.1) is 13.8 Å². The summed E-state index contributed by atoms with van der Waals surface area (Å²) in [6.07, 6.45) is 1.49. The maximum Gasteiger partial charge on any atom is 0.289 e. The van der Waals surface area contributed by atoms with Gasteiger partial charge in [-0.3, -0.25) is 9.59 Å². The number of anilines is 1. The molecule has 1 aromatic carbocycles. The first-order valence-corrected chi connectivity index (χ1v) is 8.47. The fraction of sp³-hybridized carbons (Fsp3) is 0.368. The number of piperazine rings is 1. The van der Waals surface area contributed by atoms with E-state index in [4.69, 9.17) is 4.42 Å². The molecule has 3 rings (SSSR count). The van der Waals surface area contributed by atoms with E-state index in [1.165, 1.54) is 11.8 Å². The molecule has 2 heterocycles. The van der Waals surface area contributed by atoms with Crippen LogP contribution >= 0.6 is 0 Å². The number of carbonyl (C=O) groups excluding carboxylic acids is 2. The Morgan fingerprint density at radius 1 is 1.04 bits per heavy atom. The Kier molecular flexibility index (Phi) is 5.07. The lowest BCUT2D eigenvalue weighted by molar-refractivity contribution is -0.130. The summed E-state index contributed by atoms with van der Waals surface area (Å²) in [7, 11) is 0. The first-order valence-electron chi connectivity index (χ1n) is 8.47. The van der Waals surface area contributed by atoms with E-state index in [1.807, 2.05) is 19.1 Å². The Balaban J connectivity index is 1.50. The van der Waals surface area contributed by atoms with Gasteiger partial charge in [0.1, 0.15) is 0 Å². The van der Waals surface area contributed by atoms with E-state index in [1.54, 1.807) is 21.9 Å². The van der Waals surface area contributed by atoms with Gasteiger partial charge in [0.05, 0.1) is 12.8 Å². The van der Waals surface area contributed by atoms with E-state index in [-0.39, 0.29) is 18.4 Å². The van der Waals surface area contributed by atoms with Crippen LogP contribution in [0.2, 0.25) is 0 Å². The van der Waals surface area contributed by atoms with Crippen LogP contribution in [0.1, 0.15) is 21.7 Å². The minimum atomic E-state index is -0.120. The first-order chi connectivity index (χ1) is 12.1. The maximum atomic E-state index is 12.4. The van der Waals surface area contributed by atoms with Crippen LogP contribution in [0.4, 0.5) is 5.69 Å². The maximum absolute atomic E-state index is 12.4. The van der Waals surface area contributed by atoms with Crippen molar-refractivity contribution in [3.8, 4) is 0 Å². The predicted molar refractivity (Wildman–Crippen MR) is 95.6 cm³/mol. The number of hydrogen-bond acceptors (Lipinski definition) is 4. The summed E-state index contributed by atoms with van der Waals surface area (Å²) in [6.45, 7) is 6.48. The molecule has 132 valence electrons. The van der Waals surface area contributed by atoms with E-state index in [2.05, 4.69) is 18.3 Å².